The van der Waals surface area contributed by atoms with Gasteiger partial charge < -0.3 is 25.4 Å². The van der Waals surface area contributed by atoms with E-state index in [2.05, 4.69) is 16.0 Å². The zero-order valence-electron chi connectivity index (χ0n) is 15.0. The van der Waals surface area contributed by atoms with Crippen molar-refractivity contribution in [2.75, 3.05) is 39.7 Å². The molecule has 0 radical (unpaired) electrons. The average molecular weight is 377 g/mol. The molecule has 2 amide bonds. The smallest absolute Gasteiger partial charge is 0.261 e. The minimum absolute atomic E-state index is 0.111. The molecular formula is C18H23N3O4S. The predicted molar refractivity (Wildman–Crippen MR) is 102 cm³/mol. The fourth-order valence-corrected chi connectivity index (χ4v) is 3.14. The highest BCUT2D eigenvalue weighted by molar-refractivity contribution is 7.17. The molecule has 1 aromatic carbocycles. The van der Waals surface area contributed by atoms with Crippen LogP contribution in [0.1, 0.15) is 15.2 Å². The summed E-state index contributed by atoms with van der Waals surface area (Å²) in [5.41, 5.74) is 1.05. The molecule has 0 aliphatic rings. The van der Waals surface area contributed by atoms with E-state index in [0.29, 0.717) is 29.3 Å². The Kier molecular flexibility index (Phi) is 7.28. The number of carbonyl (C=O) groups excluding carboxylic acids is 2. The first-order valence-electron chi connectivity index (χ1n) is 8.10. The van der Waals surface area contributed by atoms with Gasteiger partial charge in [0.2, 0.25) is 5.91 Å². The van der Waals surface area contributed by atoms with E-state index in [1.807, 2.05) is 18.2 Å². The summed E-state index contributed by atoms with van der Waals surface area (Å²) < 4.78 is 10.5. The van der Waals surface area contributed by atoms with Crippen molar-refractivity contribution in [1.29, 1.82) is 0 Å². The Morgan fingerprint density at radius 1 is 1.08 bits per heavy atom. The van der Waals surface area contributed by atoms with Crippen LogP contribution in [0.2, 0.25) is 0 Å². The third-order valence-corrected chi connectivity index (χ3v) is 4.71. The zero-order valence-corrected chi connectivity index (χ0v) is 15.9. The van der Waals surface area contributed by atoms with Gasteiger partial charge in [0.25, 0.3) is 5.91 Å². The van der Waals surface area contributed by atoms with E-state index < -0.39 is 0 Å². The molecule has 2 rings (SSSR count). The number of methoxy groups -OCH3 is 2. The summed E-state index contributed by atoms with van der Waals surface area (Å²) in [6, 6.07) is 9.19. The number of hydrogen-bond acceptors (Lipinski definition) is 6. The van der Waals surface area contributed by atoms with E-state index in [1.165, 1.54) is 11.3 Å². The van der Waals surface area contributed by atoms with Gasteiger partial charge in [0, 0.05) is 13.6 Å². The van der Waals surface area contributed by atoms with Gasteiger partial charge in [-0.05, 0) is 36.2 Å². The molecule has 2 aromatic rings. The highest BCUT2D eigenvalue weighted by atomic mass is 32.1. The van der Waals surface area contributed by atoms with Crippen molar-refractivity contribution in [1.82, 2.24) is 10.6 Å². The van der Waals surface area contributed by atoms with Gasteiger partial charge in [-0.3, -0.25) is 9.59 Å². The topological polar surface area (TPSA) is 88.7 Å². The lowest BCUT2D eigenvalue weighted by atomic mass is 10.1. The fourth-order valence-electron chi connectivity index (χ4n) is 2.29. The second kappa shape index (κ2) is 9.67. The molecular weight excluding hydrogens is 354 g/mol. The monoisotopic (exact) mass is 377 g/mol. The maximum Gasteiger partial charge on any atom is 0.261 e. The van der Waals surface area contributed by atoms with Crippen LogP contribution in [0.15, 0.2) is 30.3 Å². The van der Waals surface area contributed by atoms with E-state index in [1.54, 1.807) is 33.4 Å². The van der Waals surface area contributed by atoms with Crippen molar-refractivity contribution in [3.63, 3.8) is 0 Å². The molecule has 0 saturated carbocycles. The van der Waals surface area contributed by atoms with Crippen LogP contribution in [-0.4, -0.2) is 46.2 Å². The SMILES string of the molecule is CNC(=O)c1ccc(NCC(=O)NCCc2ccc(OC)c(OC)c2)s1. The summed E-state index contributed by atoms with van der Waals surface area (Å²) in [6.45, 7) is 0.670. The first kappa shape index (κ1) is 19.6. The number of rotatable bonds is 9. The Hall–Kier alpha value is -2.74. The van der Waals surface area contributed by atoms with Crippen LogP contribution in [-0.2, 0) is 11.2 Å². The van der Waals surface area contributed by atoms with Crippen LogP contribution >= 0.6 is 11.3 Å². The van der Waals surface area contributed by atoms with E-state index in [-0.39, 0.29) is 18.4 Å². The van der Waals surface area contributed by atoms with Gasteiger partial charge in [-0.15, -0.1) is 11.3 Å². The summed E-state index contributed by atoms with van der Waals surface area (Å²) in [5.74, 6) is 1.10. The van der Waals surface area contributed by atoms with Crippen molar-refractivity contribution in [3.05, 3.63) is 40.8 Å². The van der Waals surface area contributed by atoms with Crippen LogP contribution < -0.4 is 25.4 Å². The van der Waals surface area contributed by atoms with E-state index >= 15 is 0 Å². The second-order valence-electron chi connectivity index (χ2n) is 5.39. The summed E-state index contributed by atoms with van der Waals surface area (Å²) in [5, 5.41) is 9.22. The predicted octanol–water partition coefficient (Wildman–Crippen LogP) is 1.90. The number of hydrogen-bond donors (Lipinski definition) is 3. The Bertz CT molecular complexity index is 761. The number of ether oxygens (including phenoxy) is 2. The second-order valence-corrected chi connectivity index (χ2v) is 6.47. The number of anilines is 1. The largest absolute Gasteiger partial charge is 0.493 e. The molecule has 1 heterocycles. The molecule has 140 valence electrons. The minimum atomic E-state index is -0.137. The molecule has 0 spiro atoms. The van der Waals surface area contributed by atoms with Gasteiger partial charge in [0.1, 0.15) is 0 Å². The first-order chi connectivity index (χ1) is 12.6. The lowest BCUT2D eigenvalue weighted by molar-refractivity contribution is -0.119. The zero-order chi connectivity index (χ0) is 18.9. The molecule has 1 aromatic heterocycles. The molecule has 8 heteroatoms. The summed E-state index contributed by atoms with van der Waals surface area (Å²) in [7, 11) is 4.77. The Morgan fingerprint density at radius 2 is 1.85 bits per heavy atom. The van der Waals surface area contributed by atoms with Crippen molar-refractivity contribution in [3.8, 4) is 11.5 Å². The number of amides is 2. The Labute approximate surface area is 156 Å². The number of benzene rings is 1. The molecule has 0 aliphatic heterocycles. The summed E-state index contributed by atoms with van der Waals surface area (Å²) in [6.07, 6.45) is 0.686. The van der Waals surface area contributed by atoms with Crippen molar-refractivity contribution >= 4 is 28.2 Å². The third kappa shape index (κ3) is 5.38. The van der Waals surface area contributed by atoms with E-state index in [4.69, 9.17) is 9.47 Å². The highest BCUT2D eigenvalue weighted by Crippen LogP contribution is 2.27. The van der Waals surface area contributed by atoms with Gasteiger partial charge in [-0.2, -0.15) is 0 Å². The standard InChI is InChI=1S/C18H23N3O4S/c1-19-18(23)15-6-7-17(26-15)21-11-16(22)20-9-8-12-4-5-13(24-2)14(10-12)25-3/h4-7,10,21H,8-9,11H2,1-3H3,(H,19,23)(H,20,22). The summed E-state index contributed by atoms with van der Waals surface area (Å²) >= 11 is 1.31. The maximum atomic E-state index is 11.9. The lowest BCUT2D eigenvalue weighted by Crippen LogP contribution is -2.31. The molecule has 0 saturated heterocycles. The molecule has 3 N–H and O–H groups in total. The minimum Gasteiger partial charge on any atom is -0.493 e. The quantitative estimate of drug-likeness (QED) is 0.621. The highest BCUT2D eigenvalue weighted by Gasteiger charge is 2.08. The number of nitrogens with one attached hydrogen (secondary N) is 3. The van der Waals surface area contributed by atoms with E-state index in [9.17, 15) is 9.59 Å². The van der Waals surface area contributed by atoms with Crippen molar-refractivity contribution in [2.45, 2.75) is 6.42 Å². The Balaban J connectivity index is 1.75. The van der Waals surface area contributed by atoms with Crippen LogP contribution in [0.5, 0.6) is 11.5 Å². The van der Waals surface area contributed by atoms with Gasteiger partial charge in [-0.1, -0.05) is 6.07 Å². The molecule has 0 unspecified atom stereocenters. The molecule has 0 aliphatic carbocycles. The number of thiophene rings is 1. The maximum absolute atomic E-state index is 11.9. The van der Waals surface area contributed by atoms with Gasteiger partial charge in [0.15, 0.2) is 11.5 Å². The van der Waals surface area contributed by atoms with Crippen molar-refractivity contribution < 1.29 is 19.1 Å². The molecule has 0 bridgehead atoms. The van der Waals surface area contributed by atoms with Gasteiger partial charge in [0.05, 0.1) is 30.6 Å². The first-order valence-corrected chi connectivity index (χ1v) is 8.92. The van der Waals surface area contributed by atoms with Crippen molar-refractivity contribution in [2.24, 2.45) is 0 Å². The molecule has 7 nitrogen and oxygen atoms in total. The van der Waals surface area contributed by atoms with Crippen LogP contribution in [0.3, 0.4) is 0 Å². The summed E-state index contributed by atoms with van der Waals surface area (Å²) in [4.78, 5) is 24.0. The average Bonchev–Trinajstić information content (AvgIpc) is 3.14. The normalized spacial score (nSPS) is 10.1. The Morgan fingerprint density at radius 3 is 2.54 bits per heavy atom. The third-order valence-electron chi connectivity index (χ3n) is 3.66. The molecule has 26 heavy (non-hydrogen) atoms. The van der Waals surface area contributed by atoms with Crippen LogP contribution in [0, 0.1) is 0 Å². The molecule has 0 fully saturated rings. The van der Waals surface area contributed by atoms with Crippen LogP contribution in [0.4, 0.5) is 5.00 Å². The van der Waals surface area contributed by atoms with E-state index in [0.717, 1.165) is 10.6 Å². The lowest BCUT2D eigenvalue weighted by Gasteiger charge is -2.10. The van der Waals surface area contributed by atoms with Crippen LogP contribution in [0.25, 0.3) is 0 Å². The van der Waals surface area contributed by atoms with Gasteiger partial charge >= 0.3 is 0 Å². The molecule has 0 atom stereocenters. The van der Waals surface area contributed by atoms with Gasteiger partial charge in [-0.25, -0.2) is 0 Å². The fraction of sp³-hybridized carbons (Fsp3) is 0.333. The number of carbonyl (C=O) groups is 2.